The number of furan rings is 1. The van der Waals surface area contributed by atoms with Crippen molar-refractivity contribution in [1.29, 1.82) is 0 Å². The number of benzene rings is 2. The van der Waals surface area contributed by atoms with E-state index in [0.717, 1.165) is 18.8 Å². The topological polar surface area (TPSA) is 63.0 Å². The molecular weight excluding hydrogens is 387 g/mol. The van der Waals surface area contributed by atoms with Crippen LogP contribution in [0.3, 0.4) is 0 Å². The summed E-state index contributed by atoms with van der Waals surface area (Å²) in [6.45, 7) is 2.25. The molecule has 3 aromatic rings. The second-order valence-corrected chi connectivity index (χ2v) is 6.95. The predicted molar refractivity (Wildman–Crippen MR) is 110 cm³/mol. The molecule has 1 aliphatic rings. The molecule has 0 radical (unpaired) electrons. The molecule has 0 unspecified atom stereocenters. The first-order valence-electron chi connectivity index (χ1n) is 9.71. The minimum Gasteiger partial charge on any atom is -0.450 e. The minimum atomic E-state index is -0.709. The molecule has 0 atom stereocenters. The number of carbonyl (C=O) groups excluding carboxylic acids is 2. The zero-order valence-corrected chi connectivity index (χ0v) is 16.3. The lowest BCUT2D eigenvalue weighted by Crippen LogP contribution is -2.49. The quantitative estimate of drug-likeness (QED) is 0.604. The first-order chi connectivity index (χ1) is 14.6. The van der Waals surface area contributed by atoms with Crippen LogP contribution in [0.2, 0.25) is 0 Å². The molecule has 0 N–H and O–H groups in total. The standard InChI is InChI=1S/C23H21FN2O4/c24-18-8-6-17(7-9-18)20-10-11-21(30-20)23(28)29-16-22(27)26-14-12-25(13-15-26)19-4-2-1-3-5-19/h1-11H,12-16H2. The molecule has 1 amide bonds. The third-order valence-corrected chi connectivity index (χ3v) is 5.02. The van der Waals surface area contributed by atoms with Gasteiger partial charge in [-0.2, -0.15) is 0 Å². The number of amides is 1. The fraction of sp³-hybridized carbons (Fsp3) is 0.217. The Bertz CT molecular complexity index is 1010. The van der Waals surface area contributed by atoms with Crippen LogP contribution in [-0.2, 0) is 9.53 Å². The van der Waals surface area contributed by atoms with Crippen LogP contribution in [0, 0.1) is 5.82 Å². The molecule has 1 aliphatic heterocycles. The maximum absolute atomic E-state index is 13.0. The zero-order valence-electron chi connectivity index (χ0n) is 16.3. The van der Waals surface area contributed by atoms with Crippen LogP contribution in [0.5, 0.6) is 0 Å². The van der Waals surface area contributed by atoms with Gasteiger partial charge in [0.25, 0.3) is 5.91 Å². The average Bonchev–Trinajstić information content (AvgIpc) is 3.29. The molecule has 2 aromatic carbocycles. The maximum atomic E-state index is 13.0. The van der Waals surface area contributed by atoms with Crippen molar-refractivity contribution < 1.29 is 23.1 Å². The number of hydrogen-bond donors (Lipinski definition) is 0. The first kappa shape index (κ1) is 19.7. The molecule has 154 valence electrons. The van der Waals surface area contributed by atoms with Gasteiger partial charge >= 0.3 is 5.97 Å². The highest BCUT2D eigenvalue weighted by molar-refractivity contribution is 5.89. The molecule has 0 bridgehead atoms. The Hall–Kier alpha value is -3.61. The number of ether oxygens (including phenoxy) is 1. The van der Waals surface area contributed by atoms with E-state index in [9.17, 15) is 14.0 Å². The van der Waals surface area contributed by atoms with E-state index in [1.165, 1.54) is 18.2 Å². The molecule has 1 aromatic heterocycles. The number of rotatable bonds is 5. The fourth-order valence-corrected chi connectivity index (χ4v) is 3.36. The summed E-state index contributed by atoms with van der Waals surface area (Å²) in [4.78, 5) is 28.5. The van der Waals surface area contributed by atoms with Crippen molar-refractivity contribution in [2.24, 2.45) is 0 Å². The van der Waals surface area contributed by atoms with Gasteiger partial charge < -0.3 is 19.0 Å². The highest BCUT2D eigenvalue weighted by atomic mass is 19.1. The van der Waals surface area contributed by atoms with E-state index in [1.807, 2.05) is 30.3 Å². The van der Waals surface area contributed by atoms with E-state index < -0.39 is 5.97 Å². The summed E-state index contributed by atoms with van der Waals surface area (Å²) in [6, 6.07) is 18.9. The van der Waals surface area contributed by atoms with Crippen molar-refractivity contribution >= 4 is 17.6 Å². The first-order valence-corrected chi connectivity index (χ1v) is 9.71. The van der Waals surface area contributed by atoms with Crippen LogP contribution in [-0.4, -0.2) is 49.6 Å². The smallest absolute Gasteiger partial charge is 0.374 e. The van der Waals surface area contributed by atoms with E-state index in [1.54, 1.807) is 23.1 Å². The third-order valence-electron chi connectivity index (χ3n) is 5.02. The Morgan fingerprint density at radius 2 is 1.60 bits per heavy atom. The minimum absolute atomic E-state index is 0.00368. The van der Waals surface area contributed by atoms with Gasteiger partial charge in [-0.05, 0) is 48.5 Å². The van der Waals surface area contributed by atoms with Gasteiger partial charge in [-0.3, -0.25) is 4.79 Å². The fourth-order valence-electron chi connectivity index (χ4n) is 3.36. The zero-order chi connectivity index (χ0) is 20.9. The molecule has 1 saturated heterocycles. The average molecular weight is 408 g/mol. The van der Waals surface area contributed by atoms with E-state index in [-0.39, 0.29) is 24.1 Å². The number of halogens is 1. The molecular formula is C23H21FN2O4. The summed E-state index contributed by atoms with van der Waals surface area (Å²) in [5, 5.41) is 0. The highest BCUT2D eigenvalue weighted by Gasteiger charge is 2.23. The number of nitrogens with zero attached hydrogens (tertiary/aromatic N) is 2. The van der Waals surface area contributed by atoms with Gasteiger partial charge in [0.05, 0.1) is 0 Å². The maximum Gasteiger partial charge on any atom is 0.374 e. The van der Waals surface area contributed by atoms with Crippen LogP contribution in [0.4, 0.5) is 10.1 Å². The Labute approximate surface area is 173 Å². The molecule has 0 aliphatic carbocycles. The Morgan fingerprint density at radius 1 is 0.900 bits per heavy atom. The van der Waals surface area contributed by atoms with Crippen LogP contribution in [0.1, 0.15) is 10.6 Å². The van der Waals surface area contributed by atoms with Gasteiger partial charge in [0.15, 0.2) is 6.61 Å². The van der Waals surface area contributed by atoms with Crippen LogP contribution < -0.4 is 4.90 Å². The summed E-state index contributed by atoms with van der Waals surface area (Å²) < 4.78 is 23.6. The van der Waals surface area contributed by atoms with Gasteiger partial charge in [0, 0.05) is 37.4 Å². The summed E-state index contributed by atoms with van der Waals surface area (Å²) in [5.41, 5.74) is 1.77. The summed E-state index contributed by atoms with van der Waals surface area (Å²) >= 11 is 0. The van der Waals surface area contributed by atoms with E-state index in [0.29, 0.717) is 24.4 Å². The SMILES string of the molecule is O=C(OCC(=O)N1CCN(c2ccccc2)CC1)c1ccc(-c2ccc(F)cc2)o1. The Balaban J connectivity index is 1.27. The second-order valence-electron chi connectivity index (χ2n) is 6.95. The van der Waals surface area contributed by atoms with Gasteiger partial charge in [0.1, 0.15) is 11.6 Å². The number of para-hydroxylation sites is 1. The molecule has 2 heterocycles. The molecule has 7 heteroatoms. The molecule has 0 saturated carbocycles. The van der Waals surface area contributed by atoms with Crippen LogP contribution >= 0.6 is 0 Å². The molecule has 1 fully saturated rings. The lowest BCUT2D eigenvalue weighted by atomic mass is 10.2. The monoisotopic (exact) mass is 408 g/mol. The molecule has 4 rings (SSSR count). The van der Waals surface area contributed by atoms with Gasteiger partial charge in [0.2, 0.25) is 5.76 Å². The van der Waals surface area contributed by atoms with Gasteiger partial charge in [-0.25, -0.2) is 9.18 Å². The third kappa shape index (κ3) is 4.51. The van der Waals surface area contributed by atoms with Crippen LogP contribution in [0.15, 0.2) is 71.1 Å². The highest BCUT2D eigenvalue weighted by Crippen LogP contribution is 2.23. The number of anilines is 1. The summed E-state index contributed by atoms with van der Waals surface area (Å²) in [6.07, 6.45) is 0. The summed E-state index contributed by atoms with van der Waals surface area (Å²) in [7, 11) is 0. The number of hydrogen-bond acceptors (Lipinski definition) is 5. The normalized spacial score (nSPS) is 13.9. The Kier molecular flexibility index (Phi) is 5.79. The lowest BCUT2D eigenvalue weighted by Gasteiger charge is -2.36. The number of esters is 1. The van der Waals surface area contributed by atoms with Crippen molar-refractivity contribution in [3.8, 4) is 11.3 Å². The van der Waals surface area contributed by atoms with Crippen molar-refractivity contribution in [2.45, 2.75) is 0 Å². The van der Waals surface area contributed by atoms with Crippen LogP contribution in [0.25, 0.3) is 11.3 Å². The van der Waals surface area contributed by atoms with Crippen molar-refractivity contribution in [3.63, 3.8) is 0 Å². The molecule has 0 spiro atoms. The Morgan fingerprint density at radius 3 is 2.30 bits per heavy atom. The number of piperazine rings is 1. The predicted octanol–water partition coefficient (Wildman–Crippen LogP) is 3.59. The van der Waals surface area contributed by atoms with Crippen molar-refractivity contribution in [3.05, 3.63) is 78.3 Å². The number of carbonyl (C=O) groups is 2. The summed E-state index contributed by atoms with van der Waals surface area (Å²) in [5.74, 6) is -0.879. The van der Waals surface area contributed by atoms with E-state index in [2.05, 4.69) is 4.90 Å². The van der Waals surface area contributed by atoms with E-state index >= 15 is 0 Å². The second kappa shape index (κ2) is 8.82. The van der Waals surface area contributed by atoms with Gasteiger partial charge in [-0.1, -0.05) is 18.2 Å². The molecule has 30 heavy (non-hydrogen) atoms. The van der Waals surface area contributed by atoms with Gasteiger partial charge in [-0.15, -0.1) is 0 Å². The lowest BCUT2D eigenvalue weighted by molar-refractivity contribution is -0.134. The van der Waals surface area contributed by atoms with E-state index in [4.69, 9.17) is 9.15 Å². The van der Waals surface area contributed by atoms with Crippen molar-refractivity contribution in [2.75, 3.05) is 37.7 Å². The molecule has 6 nitrogen and oxygen atoms in total. The van der Waals surface area contributed by atoms with Crippen molar-refractivity contribution in [1.82, 2.24) is 4.90 Å². The largest absolute Gasteiger partial charge is 0.450 e.